The second-order valence-corrected chi connectivity index (χ2v) is 10.1. The van der Waals surface area contributed by atoms with Crippen LogP contribution in [0.3, 0.4) is 0 Å². The van der Waals surface area contributed by atoms with E-state index in [4.69, 9.17) is 19.7 Å². The van der Waals surface area contributed by atoms with Gasteiger partial charge >= 0.3 is 0 Å². The molecule has 0 amide bonds. The van der Waals surface area contributed by atoms with Gasteiger partial charge in [-0.3, -0.25) is 0 Å². The molecule has 0 saturated heterocycles. The van der Waals surface area contributed by atoms with Crippen molar-refractivity contribution in [3.63, 3.8) is 0 Å². The van der Waals surface area contributed by atoms with Crippen LogP contribution in [0, 0.1) is 0 Å². The third-order valence-corrected chi connectivity index (χ3v) is 7.56. The molecule has 1 N–H and O–H groups in total. The first-order valence-electron chi connectivity index (χ1n) is 13.7. The quantitative estimate of drug-likeness (QED) is 0.248. The molecule has 2 heterocycles. The van der Waals surface area contributed by atoms with Gasteiger partial charge in [0, 0.05) is 27.6 Å². The molecule has 5 nitrogen and oxygen atoms in total. The largest absolute Gasteiger partial charge is 0.464 e. The van der Waals surface area contributed by atoms with E-state index in [0.29, 0.717) is 17.5 Å². The highest BCUT2D eigenvalue weighted by molar-refractivity contribution is 5.97. The number of hydrogen-bond donors (Lipinski definition) is 1. The number of nitrogens with zero attached hydrogens (tertiary/aromatic N) is 3. The number of benzene rings is 6. The monoisotopic (exact) mass is 528 g/mol. The van der Waals surface area contributed by atoms with Gasteiger partial charge in [-0.05, 0) is 34.4 Å². The maximum Gasteiger partial charge on any atom is 0.197 e. The fourth-order valence-corrected chi connectivity index (χ4v) is 5.53. The lowest BCUT2D eigenvalue weighted by atomic mass is 10.0. The van der Waals surface area contributed by atoms with Gasteiger partial charge in [0.2, 0.25) is 0 Å². The van der Waals surface area contributed by atoms with E-state index in [-0.39, 0.29) is 6.23 Å². The van der Waals surface area contributed by atoms with Crippen LogP contribution in [0.15, 0.2) is 133 Å². The first kappa shape index (κ1) is 23.3. The van der Waals surface area contributed by atoms with Crippen molar-refractivity contribution in [1.29, 1.82) is 0 Å². The van der Waals surface area contributed by atoms with Gasteiger partial charge in [-0.25, -0.2) is 15.0 Å². The molecule has 5 heteroatoms. The van der Waals surface area contributed by atoms with Crippen LogP contribution in [0.5, 0.6) is 5.75 Å². The smallest absolute Gasteiger partial charge is 0.197 e. The Kier molecular flexibility index (Phi) is 5.45. The van der Waals surface area contributed by atoms with Gasteiger partial charge in [0.05, 0.1) is 5.69 Å². The topological polar surface area (TPSA) is 59.9 Å². The lowest BCUT2D eigenvalue weighted by molar-refractivity contribution is 0.264. The molecule has 6 aromatic carbocycles. The van der Waals surface area contributed by atoms with Crippen LogP contribution in [-0.2, 0) is 0 Å². The summed E-state index contributed by atoms with van der Waals surface area (Å²) in [7, 11) is 0. The Morgan fingerprint density at radius 1 is 0.488 bits per heavy atom. The summed E-state index contributed by atoms with van der Waals surface area (Å²) >= 11 is 0. The zero-order chi connectivity index (χ0) is 27.2. The summed E-state index contributed by atoms with van der Waals surface area (Å²) in [6.45, 7) is 0. The first-order chi connectivity index (χ1) is 20.3. The van der Waals surface area contributed by atoms with Crippen molar-refractivity contribution in [2.75, 3.05) is 5.32 Å². The molecular formula is C36H24N4O. The standard InChI is InChI=1S/C36H24N4O/c1-3-11-24(12-4-1)33-38-34(25-13-5-2-6-14-25)40-35(39-33)27-18-20-29-26(22-27)19-21-31-32(29)41-36(37-31)30-17-9-15-23-10-7-8-16-28(23)30/h1-22,36-37H. The Bertz CT molecular complexity index is 2000. The van der Waals surface area contributed by atoms with E-state index in [0.717, 1.165) is 44.5 Å². The number of nitrogens with one attached hydrogen (secondary N) is 1. The summed E-state index contributed by atoms with van der Waals surface area (Å²) in [6.07, 6.45) is -0.258. The maximum atomic E-state index is 6.56. The summed E-state index contributed by atoms with van der Waals surface area (Å²) in [5, 5.41) is 8.06. The third kappa shape index (κ3) is 4.15. The summed E-state index contributed by atoms with van der Waals surface area (Å²) in [6, 6.07) is 45.3. The van der Waals surface area contributed by atoms with Crippen LogP contribution in [0.25, 0.3) is 55.7 Å². The Morgan fingerprint density at radius 3 is 1.85 bits per heavy atom. The molecule has 0 bridgehead atoms. The molecule has 1 unspecified atom stereocenters. The first-order valence-corrected chi connectivity index (χ1v) is 13.7. The molecular weight excluding hydrogens is 504 g/mol. The van der Waals surface area contributed by atoms with Crippen molar-refractivity contribution in [2.45, 2.75) is 6.23 Å². The van der Waals surface area contributed by atoms with E-state index in [1.54, 1.807) is 0 Å². The zero-order valence-electron chi connectivity index (χ0n) is 22.0. The van der Waals surface area contributed by atoms with E-state index in [2.05, 4.69) is 78.1 Å². The van der Waals surface area contributed by atoms with Crippen LogP contribution in [0.1, 0.15) is 11.8 Å². The van der Waals surface area contributed by atoms with E-state index >= 15 is 0 Å². The predicted octanol–water partition coefficient (Wildman–Crippen LogP) is 8.68. The maximum absolute atomic E-state index is 6.56. The number of hydrogen-bond acceptors (Lipinski definition) is 5. The average molecular weight is 529 g/mol. The minimum Gasteiger partial charge on any atom is -0.464 e. The molecule has 0 spiro atoms. The van der Waals surface area contributed by atoms with Crippen LogP contribution in [-0.4, -0.2) is 15.0 Å². The van der Waals surface area contributed by atoms with Crippen molar-refractivity contribution in [3.05, 3.63) is 139 Å². The molecule has 1 aliphatic heterocycles. The molecule has 0 fully saturated rings. The lowest BCUT2D eigenvalue weighted by Crippen LogP contribution is -2.10. The highest BCUT2D eigenvalue weighted by atomic mass is 16.5. The van der Waals surface area contributed by atoms with Crippen molar-refractivity contribution in [2.24, 2.45) is 0 Å². The molecule has 41 heavy (non-hydrogen) atoms. The number of aromatic nitrogens is 3. The van der Waals surface area contributed by atoms with E-state index in [9.17, 15) is 0 Å². The van der Waals surface area contributed by atoms with Gasteiger partial charge in [0.15, 0.2) is 29.5 Å². The van der Waals surface area contributed by atoms with Crippen LogP contribution in [0.4, 0.5) is 5.69 Å². The second kappa shape index (κ2) is 9.57. The molecule has 1 aromatic heterocycles. The van der Waals surface area contributed by atoms with Crippen molar-refractivity contribution < 1.29 is 4.74 Å². The second-order valence-electron chi connectivity index (χ2n) is 10.1. The predicted molar refractivity (Wildman–Crippen MR) is 165 cm³/mol. The minimum absolute atomic E-state index is 0.258. The van der Waals surface area contributed by atoms with Gasteiger partial charge in [-0.15, -0.1) is 0 Å². The number of fused-ring (bicyclic) bond motifs is 4. The Morgan fingerprint density at radius 2 is 1.12 bits per heavy atom. The third-order valence-electron chi connectivity index (χ3n) is 7.56. The van der Waals surface area contributed by atoms with E-state index < -0.39 is 0 Å². The molecule has 7 aromatic rings. The Hall–Kier alpha value is -5.55. The minimum atomic E-state index is -0.258. The van der Waals surface area contributed by atoms with Crippen molar-refractivity contribution in [1.82, 2.24) is 15.0 Å². The van der Waals surface area contributed by atoms with Gasteiger partial charge < -0.3 is 10.1 Å². The summed E-state index contributed by atoms with van der Waals surface area (Å²) in [4.78, 5) is 14.6. The van der Waals surface area contributed by atoms with Crippen molar-refractivity contribution >= 4 is 27.2 Å². The van der Waals surface area contributed by atoms with Gasteiger partial charge in [-0.1, -0.05) is 115 Å². The summed E-state index contributed by atoms with van der Waals surface area (Å²) in [5.74, 6) is 2.79. The average Bonchev–Trinajstić information content (AvgIpc) is 3.50. The molecule has 0 radical (unpaired) electrons. The van der Waals surface area contributed by atoms with Crippen molar-refractivity contribution in [3.8, 4) is 39.9 Å². The van der Waals surface area contributed by atoms with Gasteiger partial charge in [-0.2, -0.15) is 0 Å². The van der Waals surface area contributed by atoms with Crippen LogP contribution >= 0.6 is 0 Å². The molecule has 0 aliphatic carbocycles. The number of anilines is 1. The number of rotatable bonds is 4. The fourth-order valence-electron chi connectivity index (χ4n) is 5.53. The molecule has 8 rings (SSSR count). The van der Waals surface area contributed by atoms with Crippen LogP contribution < -0.4 is 10.1 Å². The normalized spacial score (nSPS) is 14.0. The van der Waals surface area contributed by atoms with E-state index in [1.165, 1.54) is 10.8 Å². The van der Waals surface area contributed by atoms with Gasteiger partial charge in [0.1, 0.15) is 0 Å². The Balaban J connectivity index is 1.20. The molecule has 0 saturated carbocycles. The van der Waals surface area contributed by atoms with Crippen LogP contribution in [0.2, 0.25) is 0 Å². The summed E-state index contributed by atoms with van der Waals surface area (Å²) < 4.78 is 6.56. The molecule has 1 atom stereocenters. The van der Waals surface area contributed by atoms with E-state index in [1.807, 2.05) is 60.7 Å². The highest BCUT2D eigenvalue weighted by Crippen LogP contribution is 2.44. The SMILES string of the molecule is c1ccc(-c2nc(-c3ccccc3)nc(-c3ccc4c5c(ccc4c3)NC(c3cccc4ccccc34)O5)n2)cc1. The fraction of sp³-hybridized carbons (Fsp3) is 0.0278. The Labute approximate surface area is 237 Å². The highest BCUT2D eigenvalue weighted by Gasteiger charge is 2.26. The molecule has 194 valence electrons. The summed E-state index contributed by atoms with van der Waals surface area (Å²) in [5.41, 5.74) is 4.93. The lowest BCUT2D eigenvalue weighted by Gasteiger charge is -2.14. The van der Waals surface area contributed by atoms with Gasteiger partial charge in [0.25, 0.3) is 0 Å². The zero-order valence-corrected chi connectivity index (χ0v) is 22.0. The number of ether oxygens (including phenoxy) is 1. The molecule has 1 aliphatic rings.